The van der Waals surface area contributed by atoms with E-state index in [-0.39, 0.29) is 0 Å². The summed E-state index contributed by atoms with van der Waals surface area (Å²) in [5.41, 5.74) is 3.67. The molecule has 0 bridgehead atoms. The van der Waals surface area contributed by atoms with Gasteiger partial charge >= 0.3 is 0 Å². The second-order valence-electron chi connectivity index (χ2n) is 6.56. The van der Waals surface area contributed by atoms with Gasteiger partial charge in [-0.1, -0.05) is 103 Å². The molecule has 0 aliphatic rings. The Kier molecular flexibility index (Phi) is 4.19. The van der Waals surface area contributed by atoms with Crippen molar-refractivity contribution in [3.63, 3.8) is 0 Å². The maximum absolute atomic E-state index is 5.88. The summed E-state index contributed by atoms with van der Waals surface area (Å²) >= 11 is 7.60. The number of benzene rings is 4. The third kappa shape index (κ3) is 2.84. The number of hydrogen-bond donors (Lipinski definition) is 0. The molecular formula is C24H17NS2. The van der Waals surface area contributed by atoms with Crippen molar-refractivity contribution in [1.29, 1.82) is 0 Å². The van der Waals surface area contributed by atoms with E-state index in [1.807, 2.05) is 0 Å². The number of fused-ring (bicyclic) bond motifs is 4. The largest absolute Gasteiger partial charge is 0.295 e. The average molecular weight is 384 g/mol. The fraction of sp³-hybridized carbons (Fsp3) is 0.0417. The molecule has 0 aliphatic carbocycles. The lowest BCUT2D eigenvalue weighted by Gasteiger charge is -2.10. The minimum absolute atomic E-state index is 0.862. The quantitative estimate of drug-likeness (QED) is 0.302. The molecule has 1 nitrogen and oxygen atoms in total. The van der Waals surface area contributed by atoms with E-state index in [4.69, 9.17) is 12.2 Å². The van der Waals surface area contributed by atoms with E-state index in [0.29, 0.717) is 0 Å². The van der Waals surface area contributed by atoms with Gasteiger partial charge < -0.3 is 0 Å². The smallest absolute Gasteiger partial charge is 0.145 e. The highest BCUT2D eigenvalue weighted by molar-refractivity contribution is 8.22. The Morgan fingerprint density at radius 3 is 1.93 bits per heavy atom. The SMILES string of the molecule is S=C(SCc1cccc2ccccc12)n1c2ccccc2c2ccccc21. The first kappa shape index (κ1) is 16.5. The molecule has 1 heterocycles. The number of thiocarbonyl (C=S) groups is 1. The summed E-state index contributed by atoms with van der Waals surface area (Å²) in [6.07, 6.45) is 0. The van der Waals surface area contributed by atoms with Crippen molar-refractivity contribution in [3.05, 3.63) is 96.6 Å². The molecule has 5 rings (SSSR count). The third-order valence-corrected chi connectivity index (χ3v) is 6.41. The lowest BCUT2D eigenvalue weighted by molar-refractivity contribution is 1.34. The van der Waals surface area contributed by atoms with Gasteiger partial charge in [-0.05, 0) is 28.5 Å². The number of thioether (sulfide) groups is 1. The van der Waals surface area contributed by atoms with E-state index in [0.717, 1.165) is 10.1 Å². The zero-order valence-corrected chi connectivity index (χ0v) is 16.3. The number of nitrogens with zero attached hydrogens (tertiary/aromatic N) is 1. The van der Waals surface area contributed by atoms with Gasteiger partial charge in [-0.15, -0.1) is 0 Å². The van der Waals surface area contributed by atoms with Crippen molar-refractivity contribution < 1.29 is 0 Å². The Bertz CT molecular complexity index is 1240. The van der Waals surface area contributed by atoms with Gasteiger partial charge in [-0.25, -0.2) is 0 Å². The fourth-order valence-corrected chi connectivity index (χ4v) is 4.97. The monoisotopic (exact) mass is 383 g/mol. The first-order valence-corrected chi connectivity index (χ1v) is 10.3. The lowest BCUT2D eigenvalue weighted by Crippen LogP contribution is -2.04. The normalized spacial score (nSPS) is 11.4. The van der Waals surface area contributed by atoms with Crippen molar-refractivity contribution >= 4 is 60.9 Å². The Balaban J connectivity index is 1.54. The Hall–Kier alpha value is -2.62. The molecule has 0 saturated carbocycles. The van der Waals surface area contributed by atoms with Crippen LogP contribution in [-0.4, -0.2) is 8.89 Å². The second kappa shape index (κ2) is 6.84. The first-order valence-electron chi connectivity index (χ1n) is 8.95. The summed E-state index contributed by atoms with van der Waals surface area (Å²) < 4.78 is 3.11. The van der Waals surface area contributed by atoms with Crippen LogP contribution in [0.15, 0.2) is 91.0 Å². The molecule has 0 fully saturated rings. The highest BCUT2D eigenvalue weighted by Crippen LogP contribution is 2.32. The third-order valence-electron chi connectivity index (χ3n) is 4.99. The number of rotatable bonds is 2. The maximum atomic E-state index is 5.88. The van der Waals surface area contributed by atoms with E-state index in [9.17, 15) is 0 Å². The Morgan fingerprint density at radius 2 is 1.22 bits per heavy atom. The molecule has 5 aromatic rings. The highest BCUT2D eigenvalue weighted by Gasteiger charge is 2.13. The molecule has 0 radical (unpaired) electrons. The summed E-state index contributed by atoms with van der Waals surface area (Å²) in [4.78, 5) is 0. The zero-order chi connectivity index (χ0) is 18.2. The van der Waals surface area contributed by atoms with Crippen LogP contribution in [0.25, 0.3) is 32.6 Å². The molecule has 4 aromatic carbocycles. The van der Waals surface area contributed by atoms with Crippen molar-refractivity contribution in [2.24, 2.45) is 0 Å². The molecule has 0 atom stereocenters. The minimum atomic E-state index is 0.862. The second-order valence-corrected chi connectivity index (χ2v) is 8.17. The van der Waals surface area contributed by atoms with Gasteiger partial charge in [0.1, 0.15) is 4.32 Å². The van der Waals surface area contributed by atoms with E-state index < -0.39 is 0 Å². The molecule has 0 N–H and O–H groups in total. The predicted octanol–water partition coefficient (Wildman–Crippen LogP) is 7.01. The molecule has 0 aliphatic heterocycles. The van der Waals surface area contributed by atoms with Crippen LogP contribution < -0.4 is 0 Å². The van der Waals surface area contributed by atoms with Crippen LogP contribution >= 0.6 is 24.0 Å². The summed E-state index contributed by atoms with van der Waals surface area (Å²) in [5.74, 6) is 0.862. The van der Waals surface area contributed by atoms with Gasteiger partial charge in [0.05, 0.1) is 11.0 Å². The predicted molar refractivity (Wildman–Crippen MR) is 123 cm³/mol. The minimum Gasteiger partial charge on any atom is -0.295 e. The summed E-state index contributed by atoms with van der Waals surface area (Å²) in [5, 5.41) is 5.08. The molecule has 27 heavy (non-hydrogen) atoms. The van der Waals surface area contributed by atoms with Gasteiger partial charge in [0.25, 0.3) is 0 Å². The Labute approximate surface area is 167 Å². The molecule has 0 spiro atoms. The standard InChI is InChI=1S/C24H17NS2/c26-24(27-16-18-10-7-9-17-8-1-2-11-19(17)18)25-22-14-5-3-12-20(22)21-13-4-6-15-23(21)25/h1-15H,16H2. The van der Waals surface area contributed by atoms with Crippen molar-refractivity contribution in [1.82, 2.24) is 4.57 Å². The zero-order valence-electron chi connectivity index (χ0n) is 14.6. The summed E-state index contributed by atoms with van der Waals surface area (Å²) in [6, 6.07) is 32.0. The highest BCUT2D eigenvalue weighted by atomic mass is 32.2. The van der Waals surface area contributed by atoms with Crippen molar-refractivity contribution in [2.45, 2.75) is 5.75 Å². The average Bonchev–Trinajstić information content (AvgIpc) is 3.06. The van der Waals surface area contributed by atoms with Crippen LogP contribution in [-0.2, 0) is 5.75 Å². The molecule has 0 unspecified atom stereocenters. The van der Waals surface area contributed by atoms with Crippen LogP contribution in [0.5, 0.6) is 0 Å². The first-order chi connectivity index (χ1) is 13.3. The van der Waals surface area contributed by atoms with Crippen LogP contribution in [0.2, 0.25) is 0 Å². The van der Waals surface area contributed by atoms with Gasteiger partial charge in [-0.3, -0.25) is 4.57 Å². The number of hydrogen-bond acceptors (Lipinski definition) is 2. The molecular weight excluding hydrogens is 366 g/mol. The van der Waals surface area contributed by atoms with Gasteiger partial charge in [0.2, 0.25) is 0 Å². The van der Waals surface area contributed by atoms with E-state index >= 15 is 0 Å². The number of para-hydroxylation sites is 2. The molecule has 130 valence electrons. The Morgan fingerprint density at radius 1 is 0.667 bits per heavy atom. The van der Waals surface area contributed by atoms with Crippen molar-refractivity contribution in [2.75, 3.05) is 0 Å². The fourth-order valence-electron chi connectivity index (χ4n) is 3.74. The van der Waals surface area contributed by atoms with Gasteiger partial charge in [-0.2, -0.15) is 0 Å². The van der Waals surface area contributed by atoms with Gasteiger partial charge in [0, 0.05) is 16.5 Å². The number of aromatic nitrogens is 1. The van der Waals surface area contributed by atoms with E-state index in [1.54, 1.807) is 11.8 Å². The van der Waals surface area contributed by atoms with E-state index in [2.05, 4.69) is 95.6 Å². The van der Waals surface area contributed by atoms with Crippen LogP contribution in [0, 0.1) is 0 Å². The topological polar surface area (TPSA) is 4.93 Å². The molecule has 0 amide bonds. The molecule has 3 heteroatoms. The van der Waals surface area contributed by atoms with Crippen LogP contribution in [0.1, 0.15) is 5.56 Å². The van der Waals surface area contributed by atoms with Crippen LogP contribution in [0.3, 0.4) is 0 Å². The maximum Gasteiger partial charge on any atom is 0.145 e. The molecule has 0 saturated heterocycles. The van der Waals surface area contributed by atoms with Crippen LogP contribution in [0.4, 0.5) is 0 Å². The lowest BCUT2D eigenvalue weighted by atomic mass is 10.1. The molecule has 1 aromatic heterocycles. The van der Waals surface area contributed by atoms with Crippen molar-refractivity contribution in [3.8, 4) is 0 Å². The van der Waals surface area contributed by atoms with E-state index in [1.165, 1.54) is 38.1 Å². The summed E-state index contributed by atoms with van der Waals surface area (Å²) in [6.45, 7) is 0. The van der Waals surface area contributed by atoms with Gasteiger partial charge in [0.15, 0.2) is 0 Å². The summed E-state index contributed by atoms with van der Waals surface area (Å²) in [7, 11) is 0.